The molecule has 0 unspecified atom stereocenters. The van der Waals surface area contributed by atoms with Crippen molar-refractivity contribution < 1.29 is 36.5 Å². The molecule has 0 fully saturated rings. The van der Waals surface area contributed by atoms with Gasteiger partial charge in [-0.1, -0.05) is 0 Å². The van der Waals surface area contributed by atoms with Crippen LogP contribution in [0.25, 0.3) is 0 Å². The molecular formula is C12H21BrN3O3-. The van der Waals surface area contributed by atoms with Crippen molar-refractivity contribution >= 4 is 6.09 Å². The number of pyridine rings is 1. The number of hydrogen-bond donors (Lipinski definition) is 1. The van der Waals surface area contributed by atoms with Crippen LogP contribution in [0.15, 0.2) is 18.3 Å². The summed E-state index contributed by atoms with van der Waals surface area (Å²) in [5, 5.41) is 18.9. The molecule has 1 aromatic heterocycles. The zero-order valence-electron chi connectivity index (χ0n) is 11.9. The minimum Gasteiger partial charge on any atom is -1.00 e. The third-order valence-corrected chi connectivity index (χ3v) is 1.86. The number of hydrogen-bond acceptors (Lipinski definition) is 4. The van der Waals surface area contributed by atoms with Gasteiger partial charge in [0.05, 0.1) is 21.1 Å². The van der Waals surface area contributed by atoms with E-state index in [4.69, 9.17) is 0 Å². The first-order valence-electron chi connectivity index (χ1n) is 5.45. The zero-order valence-corrected chi connectivity index (χ0v) is 13.5. The van der Waals surface area contributed by atoms with Gasteiger partial charge in [0.2, 0.25) is 0 Å². The Bertz CT molecular complexity index is 392. The van der Waals surface area contributed by atoms with E-state index in [1.54, 1.807) is 18.3 Å². The van der Waals surface area contributed by atoms with Crippen LogP contribution in [0.1, 0.15) is 5.69 Å². The first kappa shape index (κ1) is 20.0. The summed E-state index contributed by atoms with van der Waals surface area (Å²) in [7, 11) is 9.01. The van der Waals surface area contributed by atoms with Gasteiger partial charge in [0.1, 0.15) is 24.1 Å². The lowest BCUT2D eigenvalue weighted by Gasteiger charge is -2.23. The number of nitrogens with zero attached hydrogens (tertiary/aromatic N) is 3. The fraction of sp³-hybridized carbons (Fsp3) is 0.500. The van der Waals surface area contributed by atoms with Gasteiger partial charge < -0.3 is 41.4 Å². The van der Waals surface area contributed by atoms with Crippen LogP contribution < -0.4 is 22.1 Å². The molecule has 0 atom stereocenters. The number of quaternary nitrogens is 1. The Morgan fingerprint density at radius 1 is 1.42 bits per heavy atom. The molecule has 1 rings (SSSR count). The van der Waals surface area contributed by atoms with Crippen molar-refractivity contribution in [3.63, 3.8) is 0 Å². The molecule has 1 N–H and O–H groups in total. The van der Waals surface area contributed by atoms with E-state index in [1.165, 1.54) is 14.1 Å². The quantitative estimate of drug-likeness (QED) is 0.581. The Hall–Kier alpha value is -1.34. The van der Waals surface area contributed by atoms with Crippen LogP contribution in [0.3, 0.4) is 0 Å². The van der Waals surface area contributed by atoms with Crippen LogP contribution in [0.2, 0.25) is 0 Å². The first-order valence-corrected chi connectivity index (χ1v) is 5.45. The Morgan fingerprint density at radius 3 is 2.21 bits per heavy atom. The molecule has 0 aromatic carbocycles. The van der Waals surface area contributed by atoms with Crippen molar-refractivity contribution in [2.24, 2.45) is 0 Å². The summed E-state index contributed by atoms with van der Waals surface area (Å²) < 4.78 is 0.768. The third kappa shape index (κ3) is 10.3. The van der Waals surface area contributed by atoms with Gasteiger partial charge in [0.25, 0.3) is 0 Å². The van der Waals surface area contributed by atoms with Gasteiger partial charge in [-0.2, -0.15) is 0 Å². The maximum absolute atomic E-state index is 9.51. The molecule has 0 saturated heterocycles. The molecule has 6 nitrogen and oxygen atoms in total. The summed E-state index contributed by atoms with van der Waals surface area (Å²) in [4.78, 5) is 14.6. The molecule has 1 aromatic rings. The van der Waals surface area contributed by atoms with E-state index in [0.29, 0.717) is 0 Å². The summed E-state index contributed by atoms with van der Waals surface area (Å²) in [5.41, 5.74) is 0.755. The predicted octanol–water partition coefficient (Wildman–Crippen LogP) is -3.11. The van der Waals surface area contributed by atoms with Gasteiger partial charge in [0.15, 0.2) is 0 Å². The second-order valence-corrected chi connectivity index (χ2v) is 5.08. The highest BCUT2D eigenvalue weighted by Gasteiger charge is 2.12. The van der Waals surface area contributed by atoms with E-state index in [-0.39, 0.29) is 22.7 Å². The van der Waals surface area contributed by atoms with E-state index >= 15 is 0 Å². The average Bonchev–Trinajstić information content (AvgIpc) is 2.20. The maximum Gasteiger partial charge on any atom is 0.142 e. The number of carbonyl (C=O) groups is 1. The molecule has 0 bridgehead atoms. The Kier molecular flexibility index (Phi) is 9.16. The van der Waals surface area contributed by atoms with Crippen molar-refractivity contribution in [2.45, 2.75) is 6.54 Å². The number of rotatable bonds is 2. The van der Waals surface area contributed by atoms with Crippen molar-refractivity contribution in [1.82, 2.24) is 9.88 Å². The number of carboxylic acid groups (broad SMARTS) is 1. The molecular weight excluding hydrogens is 314 g/mol. The number of carbonyl (C=O) groups excluding carboxylic acids is 1. The fourth-order valence-corrected chi connectivity index (χ4v) is 1.00. The smallest absolute Gasteiger partial charge is 0.142 e. The molecule has 7 heteroatoms. The number of halogens is 1. The summed E-state index contributed by atoms with van der Waals surface area (Å²) in [6.45, 7) is 0.743. The highest BCUT2D eigenvalue weighted by Crippen LogP contribution is 2.15. The predicted molar refractivity (Wildman–Crippen MR) is 66.7 cm³/mol. The van der Waals surface area contributed by atoms with Crippen LogP contribution >= 0.6 is 0 Å². The van der Waals surface area contributed by atoms with Crippen molar-refractivity contribution in [1.29, 1.82) is 0 Å². The molecule has 19 heavy (non-hydrogen) atoms. The molecule has 0 radical (unpaired) electrons. The monoisotopic (exact) mass is 334 g/mol. The lowest BCUT2D eigenvalue weighted by atomic mass is 10.3. The summed E-state index contributed by atoms with van der Waals surface area (Å²) in [5.74, 6) is 0.283. The van der Waals surface area contributed by atoms with E-state index < -0.39 is 6.09 Å². The molecule has 0 aliphatic carbocycles. The topological polar surface area (TPSA) is 76.5 Å². The number of aromatic nitrogens is 1. The van der Waals surface area contributed by atoms with Crippen LogP contribution in [0.4, 0.5) is 4.79 Å². The lowest BCUT2D eigenvalue weighted by Crippen LogP contribution is -3.00. The minimum atomic E-state index is -1.16. The zero-order chi connectivity index (χ0) is 14.3. The van der Waals surface area contributed by atoms with Crippen molar-refractivity contribution in [3.8, 4) is 5.75 Å². The molecule has 0 saturated carbocycles. The minimum absolute atomic E-state index is 0. The van der Waals surface area contributed by atoms with Gasteiger partial charge in [0, 0.05) is 20.3 Å². The number of amides is 1. The molecule has 1 amide bonds. The van der Waals surface area contributed by atoms with Crippen LogP contribution in [-0.2, 0) is 6.54 Å². The standard InChI is InChI=1S/C9H14N2O.C3H7NO2.BrH/c1-11(2,3)7-8-9(12)5-4-6-10-8;1-4(2)3(5)6;/h4-6H,7H2,1-3H3;1-2H3,(H,5,6);1H/p-1. The molecule has 0 aliphatic heterocycles. The Labute approximate surface area is 124 Å². The SMILES string of the molecule is CN(C)C(=O)[O-].C[N+](C)(C)Cc1ncccc1O.[Br-]. The van der Waals surface area contributed by atoms with Crippen molar-refractivity contribution in [2.75, 3.05) is 35.2 Å². The van der Waals surface area contributed by atoms with E-state index in [9.17, 15) is 15.0 Å². The molecule has 0 aliphatic rings. The summed E-state index contributed by atoms with van der Waals surface area (Å²) >= 11 is 0. The number of aromatic hydroxyl groups is 1. The van der Waals surface area contributed by atoms with E-state index in [2.05, 4.69) is 26.1 Å². The van der Waals surface area contributed by atoms with Gasteiger partial charge in [-0.25, -0.2) is 0 Å². The van der Waals surface area contributed by atoms with Crippen LogP contribution in [0, 0.1) is 0 Å². The van der Waals surface area contributed by atoms with E-state index in [1.807, 2.05) is 0 Å². The van der Waals surface area contributed by atoms with Crippen LogP contribution in [0.5, 0.6) is 5.75 Å². The first-order chi connectivity index (χ1) is 8.13. The highest BCUT2D eigenvalue weighted by molar-refractivity contribution is 5.61. The van der Waals surface area contributed by atoms with Crippen LogP contribution in [-0.4, -0.2) is 60.8 Å². The van der Waals surface area contributed by atoms with Gasteiger partial charge in [-0.3, -0.25) is 4.98 Å². The van der Waals surface area contributed by atoms with E-state index in [0.717, 1.165) is 21.6 Å². The Morgan fingerprint density at radius 2 is 1.89 bits per heavy atom. The highest BCUT2D eigenvalue weighted by atomic mass is 79.9. The summed E-state index contributed by atoms with van der Waals surface area (Å²) in [6.07, 6.45) is 0.542. The lowest BCUT2D eigenvalue weighted by molar-refractivity contribution is -0.884. The second-order valence-electron chi connectivity index (χ2n) is 5.08. The Balaban J connectivity index is 0. The fourth-order valence-electron chi connectivity index (χ4n) is 1.00. The third-order valence-electron chi connectivity index (χ3n) is 1.86. The molecule has 0 spiro atoms. The van der Waals surface area contributed by atoms with Gasteiger partial charge in [-0.05, 0) is 12.1 Å². The largest absolute Gasteiger partial charge is 1.00 e. The van der Waals surface area contributed by atoms with Gasteiger partial charge in [-0.15, -0.1) is 0 Å². The van der Waals surface area contributed by atoms with Crippen molar-refractivity contribution in [3.05, 3.63) is 24.0 Å². The van der Waals surface area contributed by atoms with Gasteiger partial charge >= 0.3 is 0 Å². The maximum atomic E-state index is 9.51. The average molecular weight is 335 g/mol. The summed E-state index contributed by atoms with van der Waals surface area (Å²) in [6, 6.07) is 3.40. The normalized spacial score (nSPS) is 9.74. The second kappa shape index (κ2) is 8.71. The molecule has 1 heterocycles. The molecule has 110 valence electrons.